The van der Waals surface area contributed by atoms with Crippen molar-refractivity contribution in [3.8, 4) is 17.1 Å². The number of benzene rings is 1. The number of unbranched alkanes of at least 4 members (excludes halogenated alkanes) is 6. The van der Waals surface area contributed by atoms with Crippen LogP contribution in [0.1, 0.15) is 96.5 Å². The average molecular weight is 461 g/mol. The molecule has 0 bridgehead atoms. The summed E-state index contributed by atoms with van der Waals surface area (Å²) >= 11 is 0. The van der Waals surface area contributed by atoms with E-state index in [2.05, 4.69) is 16.9 Å². The number of ether oxygens (including phenoxy) is 1. The van der Waals surface area contributed by atoms with Gasteiger partial charge in [0.25, 0.3) is 0 Å². The monoisotopic (exact) mass is 460 g/mol. The second kappa shape index (κ2) is 16.6. The van der Waals surface area contributed by atoms with E-state index in [1.54, 1.807) is 0 Å². The highest BCUT2D eigenvalue weighted by Crippen LogP contribution is 2.21. The zero-order valence-electron chi connectivity index (χ0n) is 20.6. The Labute approximate surface area is 199 Å². The van der Waals surface area contributed by atoms with Crippen molar-refractivity contribution in [1.82, 2.24) is 9.97 Å². The van der Waals surface area contributed by atoms with Gasteiger partial charge in [0.05, 0.1) is 6.61 Å². The standard InChI is InChI=1S/C28H42F2N2O/c1-3-5-6-7-8-9-10-12-23-21-31-28(32-22-23)24-13-17-27(18-14-24)33-20-19-26(30)16-15-25(29)11-4-2/h13-14,17-18,21-22,25-26H,3-12,15-16,19-20H2,1-2H3. The molecule has 0 amide bonds. The largest absolute Gasteiger partial charge is 0.493 e. The van der Waals surface area contributed by atoms with Crippen LogP contribution in [0.25, 0.3) is 11.4 Å². The number of hydrogen-bond donors (Lipinski definition) is 0. The Morgan fingerprint density at radius 2 is 1.33 bits per heavy atom. The normalized spacial score (nSPS) is 13.1. The highest BCUT2D eigenvalue weighted by Gasteiger charge is 2.12. The first-order chi connectivity index (χ1) is 16.1. The molecule has 2 unspecified atom stereocenters. The van der Waals surface area contributed by atoms with Crippen LogP contribution >= 0.6 is 0 Å². The van der Waals surface area contributed by atoms with Crippen molar-refractivity contribution in [2.24, 2.45) is 0 Å². The Hall–Kier alpha value is -2.04. The van der Waals surface area contributed by atoms with Crippen LogP contribution in [0.3, 0.4) is 0 Å². The maximum atomic E-state index is 13.9. The molecule has 2 rings (SSSR count). The zero-order chi connectivity index (χ0) is 23.7. The number of halogens is 2. The van der Waals surface area contributed by atoms with E-state index in [0.29, 0.717) is 24.4 Å². The van der Waals surface area contributed by atoms with Crippen LogP contribution in [0, 0.1) is 0 Å². The van der Waals surface area contributed by atoms with E-state index in [4.69, 9.17) is 4.74 Å². The molecule has 1 aromatic carbocycles. The summed E-state index contributed by atoms with van der Waals surface area (Å²) in [6.07, 6.45) is 14.2. The van der Waals surface area contributed by atoms with Gasteiger partial charge in [-0.15, -0.1) is 0 Å². The van der Waals surface area contributed by atoms with E-state index >= 15 is 0 Å². The van der Waals surface area contributed by atoms with Gasteiger partial charge in [-0.2, -0.15) is 0 Å². The predicted molar refractivity (Wildman–Crippen MR) is 133 cm³/mol. The maximum absolute atomic E-state index is 13.9. The average Bonchev–Trinajstić information content (AvgIpc) is 2.83. The molecule has 1 aromatic heterocycles. The van der Waals surface area contributed by atoms with Crippen LogP contribution in [-0.2, 0) is 6.42 Å². The van der Waals surface area contributed by atoms with Crippen molar-refractivity contribution in [1.29, 1.82) is 0 Å². The molecule has 0 aliphatic rings. The summed E-state index contributed by atoms with van der Waals surface area (Å²) in [5.41, 5.74) is 2.11. The predicted octanol–water partition coefficient (Wildman–Crippen LogP) is 8.46. The second-order valence-electron chi connectivity index (χ2n) is 9.01. The molecule has 0 saturated carbocycles. The molecule has 5 heteroatoms. The van der Waals surface area contributed by atoms with E-state index in [9.17, 15) is 8.78 Å². The lowest BCUT2D eigenvalue weighted by Gasteiger charge is -2.12. The van der Waals surface area contributed by atoms with E-state index in [0.717, 1.165) is 18.4 Å². The lowest BCUT2D eigenvalue weighted by Crippen LogP contribution is -2.10. The second-order valence-corrected chi connectivity index (χ2v) is 9.01. The summed E-state index contributed by atoms with van der Waals surface area (Å²) < 4.78 is 33.0. The van der Waals surface area contributed by atoms with Crippen molar-refractivity contribution >= 4 is 0 Å². The van der Waals surface area contributed by atoms with Gasteiger partial charge in [-0.05, 0) is 61.9 Å². The maximum Gasteiger partial charge on any atom is 0.159 e. The fourth-order valence-corrected chi connectivity index (χ4v) is 3.89. The molecule has 0 N–H and O–H groups in total. The number of hydrogen-bond acceptors (Lipinski definition) is 3. The fourth-order valence-electron chi connectivity index (χ4n) is 3.89. The molecule has 2 aromatic rings. The van der Waals surface area contributed by atoms with Gasteiger partial charge >= 0.3 is 0 Å². The molecule has 3 nitrogen and oxygen atoms in total. The van der Waals surface area contributed by atoms with Gasteiger partial charge in [-0.3, -0.25) is 0 Å². The zero-order valence-corrected chi connectivity index (χ0v) is 20.6. The van der Waals surface area contributed by atoms with Crippen molar-refractivity contribution in [2.75, 3.05) is 6.61 Å². The number of nitrogens with zero attached hydrogens (tertiary/aromatic N) is 2. The van der Waals surface area contributed by atoms with Crippen LogP contribution < -0.4 is 4.74 Å². The molecular formula is C28H42F2N2O. The third-order valence-corrected chi connectivity index (χ3v) is 5.98. The first-order valence-electron chi connectivity index (χ1n) is 12.9. The van der Waals surface area contributed by atoms with E-state index in [1.165, 1.54) is 50.5 Å². The first kappa shape index (κ1) is 27.2. The van der Waals surface area contributed by atoms with Gasteiger partial charge in [0.2, 0.25) is 0 Å². The Morgan fingerprint density at radius 3 is 1.97 bits per heavy atom. The van der Waals surface area contributed by atoms with Crippen LogP contribution in [0.4, 0.5) is 8.78 Å². The van der Waals surface area contributed by atoms with E-state index in [1.807, 2.05) is 43.6 Å². The molecule has 0 aliphatic heterocycles. The summed E-state index contributed by atoms with van der Waals surface area (Å²) in [5.74, 6) is 1.39. The molecule has 0 spiro atoms. The Bertz CT molecular complexity index is 737. The molecule has 33 heavy (non-hydrogen) atoms. The molecule has 0 aliphatic carbocycles. The summed E-state index contributed by atoms with van der Waals surface area (Å²) in [7, 11) is 0. The quantitative estimate of drug-likeness (QED) is 0.209. The third-order valence-electron chi connectivity index (χ3n) is 5.98. The number of rotatable bonds is 18. The summed E-state index contributed by atoms with van der Waals surface area (Å²) in [6.45, 7) is 4.48. The van der Waals surface area contributed by atoms with Gasteiger partial charge in [-0.25, -0.2) is 18.7 Å². The Kier molecular flexibility index (Phi) is 13.6. The molecule has 184 valence electrons. The van der Waals surface area contributed by atoms with Crippen molar-refractivity contribution in [3.05, 3.63) is 42.2 Å². The number of aryl methyl sites for hydroxylation is 1. The minimum absolute atomic E-state index is 0.260. The number of alkyl halides is 2. The van der Waals surface area contributed by atoms with Crippen LogP contribution in [0.5, 0.6) is 5.75 Å². The van der Waals surface area contributed by atoms with Crippen molar-refractivity contribution < 1.29 is 13.5 Å². The molecular weight excluding hydrogens is 418 g/mol. The minimum atomic E-state index is -1.02. The Balaban J connectivity index is 1.67. The minimum Gasteiger partial charge on any atom is -0.493 e. The van der Waals surface area contributed by atoms with Gasteiger partial charge in [0.1, 0.15) is 18.1 Å². The van der Waals surface area contributed by atoms with Crippen molar-refractivity contribution in [2.45, 2.75) is 110 Å². The summed E-state index contributed by atoms with van der Waals surface area (Å²) in [6, 6.07) is 7.56. The SMILES string of the molecule is CCCCCCCCCc1cnc(-c2ccc(OCCC(F)CCC(F)CCC)cc2)nc1. The fraction of sp³-hybridized carbons (Fsp3) is 0.643. The summed E-state index contributed by atoms with van der Waals surface area (Å²) in [5, 5.41) is 0. The van der Waals surface area contributed by atoms with E-state index < -0.39 is 12.3 Å². The van der Waals surface area contributed by atoms with Crippen LogP contribution in [0.15, 0.2) is 36.7 Å². The highest BCUT2D eigenvalue weighted by atomic mass is 19.1. The van der Waals surface area contributed by atoms with E-state index in [-0.39, 0.29) is 19.4 Å². The smallest absolute Gasteiger partial charge is 0.159 e. The Morgan fingerprint density at radius 1 is 0.727 bits per heavy atom. The van der Waals surface area contributed by atoms with Gasteiger partial charge in [0.15, 0.2) is 5.82 Å². The third kappa shape index (κ3) is 11.6. The van der Waals surface area contributed by atoms with Gasteiger partial charge in [-0.1, -0.05) is 58.8 Å². The highest BCUT2D eigenvalue weighted by molar-refractivity contribution is 5.55. The molecule has 0 saturated heterocycles. The molecule has 1 heterocycles. The summed E-state index contributed by atoms with van der Waals surface area (Å²) in [4.78, 5) is 9.04. The first-order valence-corrected chi connectivity index (χ1v) is 12.9. The van der Waals surface area contributed by atoms with Crippen molar-refractivity contribution in [3.63, 3.8) is 0 Å². The molecule has 2 atom stereocenters. The van der Waals surface area contributed by atoms with Crippen LogP contribution in [-0.4, -0.2) is 28.9 Å². The lowest BCUT2D eigenvalue weighted by molar-refractivity contribution is 0.200. The lowest BCUT2D eigenvalue weighted by atomic mass is 10.1. The van der Waals surface area contributed by atoms with Crippen LogP contribution in [0.2, 0.25) is 0 Å². The number of aromatic nitrogens is 2. The molecule has 0 radical (unpaired) electrons. The molecule has 0 fully saturated rings. The van der Waals surface area contributed by atoms with Gasteiger partial charge in [0, 0.05) is 24.4 Å². The topological polar surface area (TPSA) is 35.0 Å². The van der Waals surface area contributed by atoms with Gasteiger partial charge < -0.3 is 4.74 Å².